The van der Waals surface area contributed by atoms with Crippen molar-refractivity contribution in [3.05, 3.63) is 40.5 Å². The van der Waals surface area contributed by atoms with E-state index in [2.05, 4.69) is 30.6 Å². The molecule has 1 fully saturated rings. The summed E-state index contributed by atoms with van der Waals surface area (Å²) in [5.74, 6) is -0.450. The van der Waals surface area contributed by atoms with Crippen LogP contribution in [0.2, 0.25) is 0 Å². The Morgan fingerprint density at radius 2 is 2.14 bits per heavy atom. The van der Waals surface area contributed by atoms with E-state index >= 15 is 0 Å². The van der Waals surface area contributed by atoms with Gasteiger partial charge >= 0.3 is 0 Å². The smallest absolute Gasteiger partial charge is 0.274 e. The number of aryl methyl sites for hydroxylation is 1. The quantitative estimate of drug-likeness (QED) is 0.589. The molecule has 150 valence electrons. The summed E-state index contributed by atoms with van der Waals surface area (Å²) < 4.78 is 14.1. The van der Waals surface area contributed by atoms with Crippen molar-refractivity contribution in [2.75, 3.05) is 18.4 Å². The Morgan fingerprint density at radius 3 is 2.86 bits per heavy atom. The molecule has 0 aromatic carbocycles. The van der Waals surface area contributed by atoms with Gasteiger partial charge in [-0.25, -0.2) is 14.4 Å². The number of halogens is 1. The second-order valence-corrected chi connectivity index (χ2v) is 7.98. The van der Waals surface area contributed by atoms with Crippen LogP contribution in [0.4, 0.5) is 10.3 Å². The summed E-state index contributed by atoms with van der Waals surface area (Å²) in [6, 6.07) is 1.00. The number of hydrogen-bond acceptors (Lipinski definition) is 8. The van der Waals surface area contributed by atoms with Gasteiger partial charge in [0.15, 0.2) is 11.3 Å². The number of likely N-dealkylation sites (tertiary alicyclic amines) is 1. The van der Waals surface area contributed by atoms with Crippen molar-refractivity contribution in [1.29, 1.82) is 0 Å². The lowest BCUT2D eigenvalue weighted by atomic mass is 10.1. The van der Waals surface area contributed by atoms with Gasteiger partial charge in [-0.3, -0.25) is 14.6 Å². The van der Waals surface area contributed by atoms with Crippen molar-refractivity contribution >= 4 is 39.9 Å². The Kier molecular flexibility index (Phi) is 5.05. The van der Waals surface area contributed by atoms with Gasteiger partial charge in [0.2, 0.25) is 12.4 Å². The van der Waals surface area contributed by atoms with Gasteiger partial charge in [-0.15, -0.1) is 11.3 Å². The average molecular weight is 415 g/mol. The molecular formula is C18H18FN7O2S. The zero-order valence-corrected chi connectivity index (χ0v) is 16.5. The second kappa shape index (κ2) is 7.66. The van der Waals surface area contributed by atoms with E-state index in [9.17, 15) is 14.0 Å². The summed E-state index contributed by atoms with van der Waals surface area (Å²) in [5.41, 5.74) is 1.32. The Balaban J connectivity index is 1.62. The minimum atomic E-state index is -0.435. The maximum atomic E-state index is 13.5. The monoisotopic (exact) mass is 415 g/mol. The SMILES string of the molecule is Cc1nc2nc(NC(C)c3cncc(F)c3)nc(C(=O)N3CC(NC=O)C3)c2s1. The summed E-state index contributed by atoms with van der Waals surface area (Å²) >= 11 is 1.35. The van der Waals surface area contributed by atoms with Gasteiger partial charge in [-0.2, -0.15) is 4.98 Å². The van der Waals surface area contributed by atoms with Gasteiger partial charge < -0.3 is 15.5 Å². The van der Waals surface area contributed by atoms with E-state index in [1.54, 1.807) is 11.1 Å². The van der Waals surface area contributed by atoms with E-state index in [1.807, 2.05) is 13.8 Å². The lowest BCUT2D eigenvalue weighted by molar-refractivity contribution is -0.111. The molecule has 0 spiro atoms. The van der Waals surface area contributed by atoms with Crippen molar-refractivity contribution in [3.63, 3.8) is 0 Å². The first-order valence-corrected chi connectivity index (χ1v) is 9.77. The summed E-state index contributed by atoms with van der Waals surface area (Å²) in [6.07, 6.45) is 3.32. The summed E-state index contributed by atoms with van der Waals surface area (Å²) in [6.45, 7) is 4.51. The van der Waals surface area contributed by atoms with Crippen molar-refractivity contribution < 1.29 is 14.0 Å². The van der Waals surface area contributed by atoms with Crippen LogP contribution < -0.4 is 10.6 Å². The molecule has 1 aliphatic heterocycles. The predicted octanol–water partition coefficient (Wildman–Crippen LogP) is 1.67. The van der Waals surface area contributed by atoms with Gasteiger partial charge in [0.1, 0.15) is 10.5 Å². The molecule has 2 N–H and O–H groups in total. The fourth-order valence-corrected chi connectivity index (χ4v) is 3.92. The predicted molar refractivity (Wildman–Crippen MR) is 105 cm³/mol. The van der Waals surface area contributed by atoms with Crippen LogP contribution in [0.15, 0.2) is 18.5 Å². The zero-order valence-electron chi connectivity index (χ0n) is 15.7. The molecule has 3 aromatic rings. The number of carbonyl (C=O) groups is 2. The Hall–Kier alpha value is -3.21. The summed E-state index contributed by atoms with van der Waals surface area (Å²) in [4.78, 5) is 42.2. The third-order valence-electron chi connectivity index (χ3n) is 4.61. The third kappa shape index (κ3) is 3.86. The lowest BCUT2D eigenvalue weighted by Gasteiger charge is -2.38. The van der Waals surface area contributed by atoms with Crippen LogP contribution in [0.5, 0.6) is 0 Å². The van der Waals surface area contributed by atoms with Crippen molar-refractivity contribution in [3.8, 4) is 0 Å². The summed E-state index contributed by atoms with van der Waals surface area (Å²) in [5, 5.41) is 6.52. The number of rotatable bonds is 6. The molecule has 4 heterocycles. The van der Waals surface area contributed by atoms with E-state index < -0.39 is 5.82 Å². The van der Waals surface area contributed by atoms with Gasteiger partial charge in [-0.05, 0) is 25.5 Å². The lowest BCUT2D eigenvalue weighted by Crippen LogP contribution is -2.59. The molecule has 0 aliphatic carbocycles. The van der Waals surface area contributed by atoms with Crippen LogP contribution in [0, 0.1) is 12.7 Å². The van der Waals surface area contributed by atoms with Crippen LogP contribution in [-0.2, 0) is 4.79 Å². The number of anilines is 1. The number of aromatic nitrogens is 4. The van der Waals surface area contributed by atoms with E-state index in [0.29, 0.717) is 35.4 Å². The highest BCUT2D eigenvalue weighted by molar-refractivity contribution is 7.18. The Labute approximate surface area is 169 Å². The molecule has 2 amide bonds. The molecule has 11 heteroatoms. The average Bonchev–Trinajstić information content (AvgIpc) is 3.03. The maximum absolute atomic E-state index is 13.5. The number of carbonyl (C=O) groups excluding carboxylic acids is 2. The normalized spacial score (nSPS) is 15.1. The highest BCUT2D eigenvalue weighted by Crippen LogP contribution is 2.27. The van der Waals surface area contributed by atoms with Crippen LogP contribution in [-0.4, -0.2) is 56.3 Å². The number of pyridine rings is 1. The largest absolute Gasteiger partial charge is 0.352 e. The van der Waals surface area contributed by atoms with Crippen molar-refractivity contribution in [1.82, 2.24) is 30.2 Å². The molecular weight excluding hydrogens is 397 g/mol. The number of amides is 2. The number of hydrogen-bond donors (Lipinski definition) is 2. The van der Waals surface area contributed by atoms with Crippen molar-refractivity contribution in [2.45, 2.75) is 25.9 Å². The van der Waals surface area contributed by atoms with Gasteiger partial charge in [0.05, 0.1) is 23.3 Å². The van der Waals surface area contributed by atoms with Crippen LogP contribution in [0.25, 0.3) is 10.3 Å². The highest BCUT2D eigenvalue weighted by atomic mass is 32.1. The first-order chi connectivity index (χ1) is 13.9. The summed E-state index contributed by atoms with van der Waals surface area (Å²) in [7, 11) is 0. The molecule has 4 rings (SSSR count). The molecule has 0 bridgehead atoms. The molecule has 9 nitrogen and oxygen atoms in total. The van der Waals surface area contributed by atoms with Gasteiger partial charge in [0, 0.05) is 19.3 Å². The first-order valence-electron chi connectivity index (χ1n) is 8.95. The molecule has 1 atom stereocenters. The number of nitrogens with one attached hydrogen (secondary N) is 2. The molecule has 1 unspecified atom stereocenters. The standard InChI is InChI=1S/C18H18FN7O2S/c1-9(11-3-12(19)5-20-4-11)22-18-24-14(15-16(25-18)23-10(2)29-15)17(28)26-6-13(7-26)21-8-27/h3-5,8-9,13H,6-7H2,1-2H3,(H,21,27)(H,22,24,25). The molecule has 3 aromatic heterocycles. The third-order valence-corrected chi connectivity index (χ3v) is 5.57. The topological polar surface area (TPSA) is 113 Å². The van der Waals surface area contributed by atoms with E-state index in [4.69, 9.17) is 0 Å². The zero-order chi connectivity index (χ0) is 20.5. The highest BCUT2D eigenvalue weighted by Gasteiger charge is 2.33. The maximum Gasteiger partial charge on any atom is 0.274 e. The van der Waals surface area contributed by atoms with E-state index in [0.717, 1.165) is 11.2 Å². The fraction of sp³-hybridized carbons (Fsp3) is 0.333. The molecule has 1 aliphatic rings. The van der Waals surface area contributed by atoms with Crippen LogP contribution in [0.1, 0.15) is 34.0 Å². The molecule has 29 heavy (non-hydrogen) atoms. The second-order valence-electron chi connectivity index (χ2n) is 6.78. The van der Waals surface area contributed by atoms with E-state index in [1.165, 1.54) is 17.4 Å². The van der Waals surface area contributed by atoms with Crippen molar-refractivity contribution in [2.24, 2.45) is 0 Å². The fourth-order valence-electron chi connectivity index (χ4n) is 3.08. The Bertz CT molecular complexity index is 1080. The molecule has 0 saturated carbocycles. The number of fused-ring (bicyclic) bond motifs is 1. The molecule has 0 radical (unpaired) electrons. The Morgan fingerprint density at radius 1 is 1.34 bits per heavy atom. The van der Waals surface area contributed by atoms with Crippen LogP contribution in [0.3, 0.4) is 0 Å². The molecule has 1 saturated heterocycles. The minimum absolute atomic E-state index is 0.0462. The van der Waals surface area contributed by atoms with E-state index in [-0.39, 0.29) is 29.6 Å². The number of thiazole rings is 1. The number of nitrogens with zero attached hydrogens (tertiary/aromatic N) is 5. The minimum Gasteiger partial charge on any atom is -0.352 e. The first kappa shape index (κ1) is 19.1. The van der Waals surface area contributed by atoms with Gasteiger partial charge in [0.25, 0.3) is 5.91 Å². The van der Waals surface area contributed by atoms with Gasteiger partial charge in [-0.1, -0.05) is 0 Å². The van der Waals surface area contributed by atoms with Crippen LogP contribution >= 0.6 is 11.3 Å².